The van der Waals surface area contributed by atoms with Gasteiger partial charge in [-0.15, -0.1) is 0 Å². The van der Waals surface area contributed by atoms with Gasteiger partial charge in [0.25, 0.3) is 0 Å². The summed E-state index contributed by atoms with van der Waals surface area (Å²) in [6.07, 6.45) is 4.52. The minimum Gasteiger partial charge on any atom is -0.454 e. The van der Waals surface area contributed by atoms with Crippen LogP contribution in [0.1, 0.15) is 36.8 Å². The number of likely N-dealkylation sites (tertiary alicyclic amines) is 1. The first kappa shape index (κ1) is 15.8. The summed E-state index contributed by atoms with van der Waals surface area (Å²) in [7, 11) is 0. The van der Waals surface area contributed by atoms with Crippen molar-refractivity contribution in [1.29, 1.82) is 0 Å². The van der Waals surface area contributed by atoms with Gasteiger partial charge in [-0.25, -0.2) is 0 Å². The van der Waals surface area contributed by atoms with Crippen molar-refractivity contribution in [3.05, 3.63) is 23.3 Å². The highest BCUT2D eigenvalue weighted by molar-refractivity contribution is 5.79. The second kappa shape index (κ2) is 6.63. The summed E-state index contributed by atoms with van der Waals surface area (Å²) in [5, 5.41) is 3.15. The Labute approximate surface area is 143 Å². The Morgan fingerprint density at radius 2 is 2.04 bits per heavy atom. The maximum absolute atomic E-state index is 12.0. The summed E-state index contributed by atoms with van der Waals surface area (Å²) in [6, 6.07) is 4.19. The molecular weight excluding hydrogens is 304 g/mol. The molecule has 2 fully saturated rings. The molecule has 24 heavy (non-hydrogen) atoms. The highest BCUT2D eigenvalue weighted by Crippen LogP contribution is 2.35. The number of hydrogen-bond acceptors (Lipinski definition) is 4. The maximum Gasteiger partial charge on any atom is 0.231 e. The highest BCUT2D eigenvalue weighted by atomic mass is 16.7. The van der Waals surface area contributed by atoms with Crippen LogP contribution in [0.5, 0.6) is 11.5 Å². The number of amides is 1. The van der Waals surface area contributed by atoms with Gasteiger partial charge in [0.1, 0.15) is 0 Å². The van der Waals surface area contributed by atoms with Crippen molar-refractivity contribution in [3.8, 4) is 11.5 Å². The van der Waals surface area contributed by atoms with Crippen LogP contribution in [0.3, 0.4) is 0 Å². The molecule has 1 N–H and O–H groups in total. The predicted molar refractivity (Wildman–Crippen MR) is 91.0 cm³/mol. The lowest BCUT2D eigenvalue weighted by molar-refractivity contribution is -0.127. The summed E-state index contributed by atoms with van der Waals surface area (Å²) in [4.78, 5) is 14.4. The Balaban J connectivity index is 1.28. The molecule has 1 amide bonds. The van der Waals surface area contributed by atoms with Gasteiger partial charge in [0.05, 0.1) is 0 Å². The van der Waals surface area contributed by atoms with Gasteiger partial charge in [-0.2, -0.15) is 0 Å². The van der Waals surface area contributed by atoms with Gasteiger partial charge >= 0.3 is 0 Å². The fourth-order valence-corrected chi connectivity index (χ4v) is 3.78. The van der Waals surface area contributed by atoms with Crippen LogP contribution < -0.4 is 14.8 Å². The Kier molecular flexibility index (Phi) is 4.35. The SMILES string of the molecule is Cc1cc2c(cc1CN1CC[C@@H](CNC(=O)C3CCC3)C1)OCO2. The number of carbonyl (C=O) groups excluding carboxylic acids is 1. The molecule has 0 bridgehead atoms. The van der Waals surface area contributed by atoms with E-state index in [1.807, 2.05) is 0 Å². The molecule has 5 nitrogen and oxygen atoms in total. The number of ether oxygens (including phenoxy) is 2. The molecule has 1 aromatic carbocycles. The standard InChI is InChI=1S/C19H26N2O3/c1-13-7-17-18(24-12-23-17)8-16(13)11-21-6-5-14(10-21)9-20-19(22)15-3-2-4-15/h7-8,14-15H,2-6,9-12H2,1H3,(H,20,22)/t14-/m0/s1. The molecule has 2 aliphatic heterocycles. The van der Waals surface area contributed by atoms with Gasteiger partial charge in [0.15, 0.2) is 11.5 Å². The minimum atomic E-state index is 0.270. The van der Waals surface area contributed by atoms with Crippen molar-refractivity contribution in [2.24, 2.45) is 11.8 Å². The number of benzene rings is 1. The van der Waals surface area contributed by atoms with E-state index in [4.69, 9.17) is 9.47 Å². The monoisotopic (exact) mass is 330 g/mol. The normalized spacial score (nSPS) is 23.3. The van der Waals surface area contributed by atoms with E-state index in [0.717, 1.165) is 56.9 Å². The smallest absolute Gasteiger partial charge is 0.231 e. The molecule has 3 aliphatic rings. The molecule has 0 unspecified atom stereocenters. The van der Waals surface area contributed by atoms with Gasteiger partial charge < -0.3 is 14.8 Å². The molecule has 0 spiro atoms. The first-order valence-electron chi connectivity index (χ1n) is 9.08. The van der Waals surface area contributed by atoms with E-state index in [2.05, 4.69) is 29.3 Å². The first-order chi connectivity index (χ1) is 11.7. The lowest BCUT2D eigenvalue weighted by atomic mass is 9.85. The average Bonchev–Trinajstić information content (AvgIpc) is 3.13. The zero-order chi connectivity index (χ0) is 16.5. The second-order valence-electron chi connectivity index (χ2n) is 7.39. The minimum absolute atomic E-state index is 0.270. The van der Waals surface area contributed by atoms with E-state index in [1.165, 1.54) is 17.5 Å². The Hall–Kier alpha value is -1.75. The summed E-state index contributed by atoms with van der Waals surface area (Å²) >= 11 is 0. The number of rotatable bonds is 5. The molecule has 5 heteroatoms. The summed E-state index contributed by atoms with van der Waals surface area (Å²) < 4.78 is 10.9. The molecule has 1 saturated carbocycles. The van der Waals surface area contributed by atoms with E-state index >= 15 is 0 Å². The quantitative estimate of drug-likeness (QED) is 0.901. The third-order valence-electron chi connectivity index (χ3n) is 5.64. The van der Waals surface area contributed by atoms with Crippen LogP contribution in [-0.4, -0.2) is 37.2 Å². The van der Waals surface area contributed by atoms with Crippen LogP contribution in [0.4, 0.5) is 0 Å². The lowest BCUT2D eigenvalue weighted by Crippen LogP contribution is -2.37. The number of fused-ring (bicyclic) bond motifs is 1. The largest absolute Gasteiger partial charge is 0.454 e. The number of hydrogen-bond donors (Lipinski definition) is 1. The molecule has 1 saturated heterocycles. The average molecular weight is 330 g/mol. The number of aryl methyl sites for hydroxylation is 1. The van der Waals surface area contributed by atoms with Crippen LogP contribution in [0, 0.1) is 18.8 Å². The topological polar surface area (TPSA) is 50.8 Å². The molecule has 0 aromatic heterocycles. The van der Waals surface area contributed by atoms with Crippen LogP contribution in [0.25, 0.3) is 0 Å². The van der Waals surface area contributed by atoms with E-state index < -0.39 is 0 Å². The fraction of sp³-hybridized carbons (Fsp3) is 0.632. The second-order valence-corrected chi connectivity index (χ2v) is 7.39. The lowest BCUT2D eigenvalue weighted by Gasteiger charge is -2.25. The van der Waals surface area contributed by atoms with Crippen molar-refractivity contribution >= 4 is 5.91 Å². The van der Waals surface area contributed by atoms with Crippen LogP contribution in [0.2, 0.25) is 0 Å². The Morgan fingerprint density at radius 3 is 2.79 bits per heavy atom. The van der Waals surface area contributed by atoms with E-state index in [1.54, 1.807) is 0 Å². The molecule has 1 atom stereocenters. The predicted octanol–water partition coefficient (Wildman–Crippen LogP) is 2.46. The van der Waals surface area contributed by atoms with Crippen molar-refractivity contribution in [2.45, 2.75) is 39.2 Å². The molecule has 0 radical (unpaired) electrons. The number of nitrogens with zero attached hydrogens (tertiary/aromatic N) is 1. The van der Waals surface area contributed by atoms with Crippen molar-refractivity contribution in [1.82, 2.24) is 10.2 Å². The zero-order valence-electron chi connectivity index (χ0n) is 14.3. The number of carbonyl (C=O) groups is 1. The van der Waals surface area contributed by atoms with Crippen LogP contribution in [0.15, 0.2) is 12.1 Å². The summed E-state index contributed by atoms with van der Waals surface area (Å²) in [5.74, 6) is 2.85. The van der Waals surface area contributed by atoms with Crippen LogP contribution >= 0.6 is 0 Å². The van der Waals surface area contributed by atoms with E-state index in [9.17, 15) is 4.79 Å². The van der Waals surface area contributed by atoms with Crippen molar-refractivity contribution < 1.29 is 14.3 Å². The van der Waals surface area contributed by atoms with Gasteiger partial charge in [-0.05, 0) is 61.9 Å². The third kappa shape index (κ3) is 3.22. The van der Waals surface area contributed by atoms with Crippen molar-refractivity contribution in [2.75, 3.05) is 26.4 Å². The molecule has 1 aliphatic carbocycles. The highest BCUT2D eigenvalue weighted by Gasteiger charge is 2.28. The molecule has 1 aromatic rings. The van der Waals surface area contributed by atoms with Gasteiger partial charge in [-0.1, -0.05) is 6.42 Å². The zero-order valence-corrected chi connectivity index (χ0v) is 14.3. The fourth-order valence-electron chi connectivity index (χ4n) is 3.78. The Morgan fingerprint density at radius 1 is 1.25 bits per heavy atom. The third-order valence-corrected chi connectivity index (χ3v) is 5.64. The molecule has 4 rings (SSSR count). The van der Waals surface area contributed by atoms with Gasteiger partial charge in [0.2, 0.25) is 12.7 Å². The van der Waals surface area contributed by atoms with Gasteiger partial charge in [-0.3, -0.25) is 9.69 Å². The first-order valence-corrected chi connectivity index (χ1v) is 9.08. The van der Waals surface area contributed by atoms with E-state index in [-0.39, 0.29) is 5.91 Å². The molecule has 130 valence electrons. The summed E-state index contributed by atoms with van der Waals surface area (Å²) in [5.41, 5.74) is 2.55. The Bertz CT molecular complexity index is 627. The van der Waals surface area contributed by atoms with Gasteiger partial charge in [0, 0.05) is 25.6 Å². The number of nitrogens with one attached hydrogen (secondary N) is 1. The maximum atomic E-state index is 12.0. The summed E-state index contributed by atoms with van der Waals surface area (Å²) in [6.45, 7) is 6.37. The van der Waals surface area contributed by atoms with Crippen molar-refractivity contribution in [3.63, 3.8) is 0 Å². The van der Waals surface area contributed by atoms with Crippen LogP contribution in [-0.2, 0) is 11.3 Å². The molecular formula is C19H26N2O3. The van der Waals surface area contributed by atoms with E-state index in [0.29, 0.717) is 18.6 Å². The molecule has 2 heterocycles.